The number of nitrogens with zero attached hydrogens (tertiary/aromatic N) is 2. The molecule has 2 N–H and O–H groups in total. The number of likely N-dealkylation sites (N-methyl/N-ethyl adjacent to an activating group) is 1. The van der Waals surface area contributed by atoms with Crippen LogP contribution >= 0.6 is 11.6 Å². The maximum Gasteiger partial charge on any atom is 0.0687 e. The zero-order valence-electron chi connectivity index (χ0n) is 13.8. The van der Waals surface area contributed by atoms with Gasteiger partial charge in [0.1, 0.15) is 0 Å². The first-order chi connectivity index (χ1) is 10.5. The first kappa shape index (κ1) is 17.5. The number of anilines is 1. The number of aliphatic hydroxyl groups excluding tert-OH is 1. The van der Waals surface area contributed by atoms with Crippen LogP contribution in [0.5, 0.6) is 0 Å². The van der Waals surface area contributed by atoms with Crippen molar-refractivity contribution in [2.45, 2.75) is 26.5 Å². The van der Waals surface area contributed by atoms with Crippen LogP contribution in [0.15, 0.2) is 18.2 Å². The van der Waals surface area contributed by atoms with Crippen LogP contribution in [0.2, 0.25) is 5.02 Å². The van der Waals surface area contributed by atoms with Crippen LogP contribution in [-0.4, -0.2) is 55.9 Å². The van der Waals surface area contributed by atoms with Crippen molar-refractivity contribution >= 4 is 17.3 Å². The minimum absolute atomic E-state index is 0.260. The molecule has 0 bridgehead atoms. The highest BCUT2D eigenvalue weighted by molar-refractivity contribution is 6.31. The second-order valence-electron chi connectivity index (χ2n) is 6.47. The molecule has 124 valence electrons. The highest BCUT2D eigenvalue weighted by Gasteiger charge is 2.18. The zero-order chi connectivity index (χ0) is 16.1. The number of hydrogen-bond donors (Lipinski definition) is 2. The largest absolute Gasteiger partial charge is 0.392 e. The average molecular weight is 326 g/mol. The Balaban J connectivity index is 2.03. The fourth-order valence-electron chi connectivity index (χ4n) is 2.65. The monoisotopic (exact) mass is 325 g/mol. The lowest BCUT2D eigenvalue weighted by molar-refractivity contribution is 0.123. The molecular weight excluding hydrogens is 298 g/mol. The van der Waals surface area contributed by atoms with E-state index < -0.39 is 0 Å². The lowest BCUT2D eigenvalue weighted by Gasteiger charge is -2.35. The predicted molar refractivity (Wildman–Crippen MR) is 93.7 cm³/mol. The van der Waals surface area contributed by atoms with Gasteiger partial charge in [-0.05, 0) is 25.1 Å². The molecule has 22 heavy (non-hydrogen) atoms. The van der Waals surface area contributed by atoms with E-state index in [9.17, 15) is 5.11 Å². The molecule has 1 aliphatic heterocycles. The molecule has 1 aliphatic rings. The van der Waals surface area contributed by atoms with E-state index in [1.807, 2.05) is 26.0 Å². The second kappa shape index (κ2) is 8.16. The van der Waals surface area contributed by atoms with Gasteiger partial charge in [0.15, 0.2) is 0 Å². The quantitative estimate of drug-likeness (QED) is 0.841. The number of nitrogens with one attached hydrogen (secondary N) is 1. The fourth-order valence-corrected chi connectivity index (χ4v) is 2.88. The van der Waals surface area contributed by atoms with E-state index in [4.69, 9.17) is 11.6 Å². The Kier molecular flexibility index (Phi) is 6.50. The minimum Gasteiger partial charge on any atom is -0.392 e. The molecular formula is C17H28ClN3O. The van der Waals surface area contributed by atoms with E-state index in [-0.39, 0.29) is 12.0 Å². The molecule has 0 amide bonds. The lowest BCUT2D eigenvalue weighted by atomic mass is 10.1. The highest BCUT2D eigenvalue weighted by Crippen LogP contribution is 2.28. The molecule has 1 atom stereocenters. The third-order valence-corrected chi connectivity index (χ3v) is 4.72. The number of rotatable bonds is 6. The van der Waals surface area contributed by atoms with E-state index in [1.165, 1.54) is 5.69 Å². The zero-order valence-corrected chi connectivity index (χ0v) is 14.6. The third kappa shape index (κ3) is 4.59. The summed E-state index contributed by atoms with van der Waals surface area (Å²) in [7, 11) is 2.16. The molecule has 1 saturated heterocycles. The molecule has 1 aromatic carbocycles. The maximum atomic E-state index is 9.91. The number of halogens is 1. The number of piperazine rings is 1. The summed E-state index contributed by atoms with van der Waals surface area (Å²) in [5.41, 5.74) is 2.34. The lowest BCUT2D eigenvalue weighted by Crippen LogP contribution is -2.45. The number of benzene rings is 1. The van der Waals surface area contributed by atoms with Gasteiger partial charge < -0.3 is 20.2 Å². The van der Waals surface area contributed by atoms with Crippen LogP contribution in [0, 0.1) is 5.92 Å². The summed E-state index contributed by atoms with van der Waals surface area (Å²) in [6.45, 7) is 9.53. The molecule has 1 heterocycles. The Bertz CT molecular complexity index is 473. The van der Waals surface area contributed by atoms with E-state index in [0.29, 0.717) is 13.1 Å². The molecule has 4 nitrogen and oxygen atoms in total. The molecule has 0 aromatic heterocycles. The first-order valence-corrected chi connectivity index (χ1v) is 8.46. The summed E-state index contributed by atoms with van der Waals surface area (Å²) >= 11 is 6.42. The van der Waals surface area contributed by atoms with Crippen LogP contribution in [0.25, 0.3) is 0 Å². The molecule has 0 aliphatic carbocycles. The normalized spacial score (nSPS) is 18.0. The van der Waals surface area contributed by atoms with Gasteiger partial charge in [0.2, 0.25) is 0 Å². The Labute approximate surface area is 139 Å². The van der Waals surface area contributed by atoms with Crippen LogP contribution in [-0.2, 0) is 6.54 Å². The Morgan fingerprint density at radius 1 is 1.23 bits per heavy atom. The van der Waals surface area contributed by atoms with Gasteiger partial charge in [-0.25, -0.2) is 0 Å². The van der Waals surface area contributed by atoms with Crippen molar-refractivity contribution in [3.63, 3.8) is 0 Å². The first-order valence-electron chi connectivity index (χ1n) is 8.08. The van der Waals surface area contributed by atoms with Gasteiger partial charge in [0.05, 0.1) is 6.10 Å². The summed E-state index contributed by atoms with van der Waals surface area (Å²) in [5.74, 6) is 0.260. The molecule has 1 unspecified atom stereocenters. The predicted octanol–water partition coefficient (Wildman–Crippen LogP) is 2.20. The number of hydrogen-bond acceptors (Lipinski definition) is 4. The van der Waals surface area contributed by atoms with Crippen LogP contribution in [0.4, 0.5) is 5.69 Å². The van der Waals surface area contributed by atoms with Crippen molar-refractivity contribution in [2.75, 3.05) is 44.7 Å². The summed E-state index contributed by atoms with van der Waals surface area (Å²) in [5, 5.41) is 14.0. The molecule has 0 spiro atoms. The van der Waals surface area contributed by atoms with E-state index >= 15 is 0 Å². The van der Waals surface area contributed by atoms with Crippen molar-refractivity contribution in [3.8, 4) is 0 Å². The average Bonchev–Trinajstić information content (AvgIpc) is 2.49. The molecule has 1 fully saturated rings. The molecule has 1 aromatic rings. The van der Waals surface area contributed by atoms with Crippen molar-refractivity contribution < 1.29 is 5.11 Å². The third-order valence-electron chi connectivity index (χ3n) is 4.36. The molecule has 5 heteroatoms. The Hall–Kier alpha value is -0.810. The van der Waals surface area contributed by atoms with Gasteiger partial charge >= 0.3 is 0 Å². The van der Waals surface area contributed by atoms with Gasteiger partial charge in [0.25, 0.3) is 0 Å². The number of aliphatic hydroxyl groups is 1. The van der Waals surface area contributed by atoms with Crippen LogP contribution in [0.3, 0.4) is 0 Å². The Morgan fingerprint density at radius 2 is 1.91 bits per heavy atom. The smallest absolute Gasteiger partial charge is 0.0687 e. The molecule has 0 saturated carbocycles. The fraction of sp³-hybridized carbons (Fsp3) is 0.647. The SMILES string of the molecule is CC(C)C(O)CNCc1c(Cl)cccc1N1CCN(C)CC1. The Morgan fingerprint density at radius 3 is 2.55 bits per heavy atom. The van der Waals surface area contributed by atoms with Crippen molar-refractivity contribution in [1.82, 2.24) is 10.2 Å². The highest BCUT2D eigenvalue weighted by atomic mass is 35.5. The molecule has 2 rings (SSSR count). The van der Waals surface area contributed by atoms with E-state index in [2.05, 4.69) is 28.2 Å². The second-order valence-corrected chi connectivity index (χ2v) is 6.88. The minimum atomic E-state index is -0.324. The van der Waals surface area contributed by atoms with E-state index in [1.54, 1.807) is 0 Å². The van der Waals surface area contributed by atoms with Crippen molar-refractivity contribution in [2.24, 2.45) is 5.92 Å². The summed E-state index contributed by atoms with van der Waals surface area (Å²) in [6, 6.07) is 6.10. The van der Waals surface area contributed by atoms with Gasteiger partial charge in [0, 0.05) is 55.5 Å². The van der Waals surface area contributed by atoms with E-state index in [0.717, 1.165) is 36.8 Å². The van der Waals surface area contributed by atoms with Gasteiger partial charge in [-0.15, -0.1) is 0 Å². The van der Waals surface area contributed by atoms with Gasteiger partial charge in [-0.1, -0.05) is 31.5 Å². The molecule has 0 radical (unpaired) electrons. The summed E-state index contributed by atoms with van der Waals surface area (Å²) in [4.78, 5) is 4.75. The van der Waals surface area contributed by atoms with Crippen molar-refractivity contribution in [1.29, 1.82) is 0 Å². The topological polar surface area (TPSA) is 38.7 Å². The van der Waals surface area contributed by atoms with Crippen molar-refractivity contribution in [3.05, 3.63) is 28.8 Å². The van der Waals surface area contributed by atoms with Gasteiger partial charge in [-0.3, -0.25) is 0 Å². The van der Waals surface area contributed by atoms with Gasteiger partial charge in [-0.2, -0.15) is 0 Å². The summed E-state index contributed by atoms with van der Waals surface area (Å²) in [6.07, 6.45) is -0.324. The van der Waals surface area contributed by atoms with Crippen LogP contribution < -0.4 is 10.2 Å². The van der Waals surface area contributed by atoms with Crippen LogP contribution in [0.1, 0.15) is 19.4 Å². The maximum absolute atomic E-state index is 9.91. The summed E-state index contributed by atoms with van der Waals surface area (Å²) < 4.78 is 0. The standard InChI is InChI=1S/C17H28ClN3O/c1-13(2)17(22)12-19-11-14-15(18)5-4-6-16(14)21-9-7-20(3)8-10-21/h4-6,13,17,19,22H,7-12H2,1-3H3.